The summed E-state index contributed by atoms with van der Waals surface area (Å²) in [6.07, 6.45) is 4.62. The van der Waals surface area contributed by atoms with Gasteiger partial charge in [0.15, 0.2) is 4.80 Å². The summed E-state index contributed by atoms with van der Waals surface area (Å²) in [5.41, 5.74) is -0.334. The van der Waals surface area contributed by atoms with Crippen LogP contribution in [0.3, 0.4) is 0 Å². The van der Waals surface area contributed by atoms with Gasteiger partial charge < -0.3 is 14.0 Å². The van der Waals surface area contributed by atoms with Crippen LogP contribution >= 0.6 is 22.9 Å². The van der Waals surface area contributed by atoms with Crippen LogP contribution in [-0.4, -0.2) is 29.2 Å². The number of thiazole rings is 1. The maximum absolute atomic E-state index is 13.0. The van der Waals surface area contributed by atoms with Gasteiger partial charge in [0.1, 0.15) is 11.4 Å². The third-order valence-electron chi connectivity index (χ3n) is 5.13. The molecule has 6 nitrogen and oxygen atoms in total. The van der Waals surface area contributed by atoms with Gasteiger partial charge in [-0.2, -0.15) is 4.99 Å². The van der Waals surface area contributed by atoms with E-state index < -0.39 is 11.5 Å². The number of aromatic nitrogens is 1. The van der Waals surface area contributed by atoms with Gasteiger partial charge in [0.05, 0.1) is 19.2 Å². The highest BCUT2D eigenvalue weighted by atomic mass is 35.5. The Labute approximate surface area is 185 Å². The summed E-state index contributed by atoms with van der Waals surface area (Å²) in [6, 6.07) is 4.87. The molecular weight excluding hydrogens is 424 g/mol. The summed E-state index contributed by atoms with van der Waals surface area (Å²) >= 11 is 7.54. The Kier molecular flexibility index (Phi) is 6.43. The summed E-state index contributed by atoms with van der Waals surface area (Å²) in [6.45, 7) is 8.23. The molecule has 1 aliphatic rings. The van der Waals surface area contributed by atoms with Crippen molar-refractivity contribution < 1.29 is 19.1 Å². The highest BCUT2D eigenvalue weighted by Crippen LogP contribution is 2.37. The summed E-state index contributed by atoms with van der Waals surface area (Å²) < 4.78 is 12.9. The van der Waals surface area contributed by atoms with Crippen LogP contribution in [0, 0.1) is 0 Å². The van der Waals surface area contributed by atoms with E-state index in [4.69, 9.17) is 21.1 Å². The van der Waals surface area contributed by atoms with Crippen molar-refractivity contribution in [3.8, 4) is 5.75 Å². The van der Waals surface area contributed by atoms with Crippen molar-refractivity contribution in [3.63, 3.8) is 0 Å². The van der Waals surface area contributed by atoms with Gasteiger partial charge in [-0.15, -0.1) is 11.3 Å². The van der Waals surface area contributed by atoms with Crippen LogP contribution in [0.15, 0.2) is 29.4 Å². The predicted octanol–water partition coefficient (Wildman–Crippen LogP) is 4.74. The fraction of sp³-hybridized carbons (Fsp3) is 0.500. The minimum Gasteiger partial charge on any atom is -0.496 e. The van der Waals surface area contributed by atoms with Gasteiger partial charge in [-0.3, -0.25) is 9.59 Å². The number of halogens is 1. The van der Waals surface area contributed by atoms with Gasteiger partial charge in [-0.05, 0) is 42.9 Å². The van der Waals surface area contributed by atoms with Crippen molar-refractivity contribution in [1.29, 1.82) is 0 Å². The van der Waals surface area contributed by atoms with E-state index in [0.717, 1.165) is 24.1 Å². The molecule has 0 bridgehead atoms. The number of amides is 1. The maximum Gasteiger partial charge on any atom is 0.303 e. The maximum atomic E-state index is 13.0. The number of benzene rings is 1. The molecule has 1 saturated carbocycles. The molecule has 1 amide bonds. The Balaban J connectivity index is 2.05. The molecule has 0 unspecified atom stereocenters. The largest absolute Gasteiger partial charge is 0.496 e. The second-order valence-corrected chi connectivity index (χ2v) is 10.1. The Morgan fingerprint density at radius 1 is 1.30 bits per heavy atom. The molecule has 1 aromatic carbocycles. The number of carbonyl (C=O) groups excluding carboxylic acids is 2. The van der Waals surface area contributed by atoms with Gasteiger partial charge in [0, 0.05) is 23.0 Å². The number of ether oxygens (including phenoxy) is 2. The minimum absolute atomic E-state index is 0.106. The molecule has 8 heteroatoms. The number of hydrogen-bond donors (Lipinski definition) is 0. The summed E-state index contributed by atoms with van der Waals surface area (Å²) in [5.74, 6) is -0.303. The summed E-state index contributed by atoms with van der Waals surface area (Å²) in [4.78, 5) is 30.7. The van der Waals surface area contributed by atoms with Gasteiger partial charge in [-0.25, -0.2) is 0 Å². The van der Waals surface area contributed by atoms with Crippen LogP contribution in [0.1, 0.15) is 62.2 Å². The first kappa shape index (κ1) is 22.6. The molecule has 1 fully saturated rings. The van der Waals surface area contributed by atoms with Crippen molar-refractivity contribution in [1.82, 2.24) is 4.57 Å². The fourth-order valence-electron chi connectivity index (χ4n) is 3.40. The molecule has 0 atom stereocenters. The zero-order chi connectivity index (χ0) is 22.1. The highest BCUT2D eigenvalue weighted by Gasteiger charge is 2.41. The Morgan fingerprint density at radius 3 is 2.53 bits per heavy atom. The van der Waals surface area contributed by atoms with Crippen LogP contribution < -0.4 is 9.54 Å². The molecule has 0 aliphatic heterocycles. The van der Waals surface area contributed by atoms with Gasteiger partial charge in [0.2, 0.25) is 0 Å². The third kappa shape index (κ3) is 4.95. The van der Waals surface area contributed by atoms with Crippen LogP contribution in [0.2, 0.25) is 5.02 Å². The van der Waals surface area contributed by atoms with Crippen molar-refractivity contribution in [2.75, 3.05) is 7.11 Å². The molecule has 0 spiro atoms. The van der Waals surface area contributed by atoms with Crippen molar-refractivity contribution >= 4 is 34.8 Å². The smallest absolute Gasteiger partial charge is 0.303 e. The normalized spacial score (nSPS) is 16.1. The summed E-state index contributed by atoms with van der Waals surface area (Å²) in [5, 5.41) is 0.437. The SMILES string of the molecule is COc1ccc(Cl)cc1C(=O)N=c1sc(C(C)(C)C)cn1CC1(OC(C)=O)CCC1. The lowest BCUT2D eigenvalue weighted by Gasteiger charge is -2.40. The molecule has 162 valence electrons. The zero-order valence-electron chi connectivity index (χ0n) is 18.0. The third-order valence-corrected chi connectivity index (χ3v) is 6.81. The molecule has 0 radical (unpaired) electrons. The van der Waals surface area contributed by atoms with Crippen molar-refractivity contribution in [3.05, 3.63) is 44.7 Å². The molecule has 2 aromatic rings. The van der Waals surface area contributed by atoms with E-state index >= 15 is 0 Å². The van der Waals surface area contributed by atoms with E-state index in [1.807, 2.05) is 10.8 Å². The Bertz CT molecular complexity index is 1030. The first-order chi connectivity index (χ1) is 14.0. The van der Waals surface area contributed by atoms with E-state index in [2.05, 4.69) is 25.8 Å². The standard InChI is InChI=1S/C22H27ClN2O4S/c1-14(26)29-22(9-6-10-22)13-25-12-18(21(2,3)4)30-20(25)24-19(27)16-11-15(23)7-8-17(16)28-5/h7-8,11-12H,6,9-10,13H2,1-5H3. The molecule has 1 aromatic heterocycles. The van der Waals surface area contributed by atoms with E-state index in [9.17, 15) is 9.59 Å². The number of nitrogens with zero attached hydrogens (tertiary/aromatic N) is 2. The van der Waals surface area contributed by atoms with Crippen LogP contribution in [0.4, 0.5) is 0 Å². The molecule has 3 rings (SSSR count). The van der Waals surface area contributed by atoms with Gasteiger partial charge >= 0.3 is 5.97 Å². The average molecular weight is 451 g/mol. The predicted molar refractivity (Wildman–Crippen MR) is 117 cm³/mol. The first-order valence-electron chi connectivity index (χ1n) is 9.86. The van der Waals surface area contributed by atoms with E-state index in [0.29, 0.717) is 27.7 Å². The number of methoxy groups -OCH3 is 1. The average Bonchev–Trinajstić information content (AvgIpc) is 3.02. The van der Waals surface area contributed by atoms with Gasteiger partial charge in [-0.1, -0.05) is 32.4 Å². The second-order valence-electron chi connectivity index (χ2n) is 8.65. The fourth-order valence-corrected chi connectivity index (χ4v) is 4.62. The highest BCUT2D eigenvalue weighted by molar-refractivity contribution is 7.09. The van der Waals surface area contributed by atoms with Crippen LogP contribution in [-0.2, 0) is 21.5 Å². The second kappa shape index (κ2) is 8.55. The number of carbonyl (C=O) groups is 2. The van der Waals surface area contributed by atoms with E-state index in [1.54, 1.807) is 18.2 Å². The quantitative estimate of drug-likeness (QED) is 0.617. The van der Waals surface area contributed by atoms with Gasteiger partial charge in [0.25, 0.3) is 5.91 Å². The topological polar surface area (TPSA) is 69.9 Å². The molecule has 1 aliphatic carbocycles. The molecular formula is C22H27ClN2O4S. The molecule has 0 saturated heterocycles. The Hall–Kier alpha value is -2.12. The van der Waals surface area contributed by atoms with Crippen molar-refractivity contribution in [2.24, 2.45) is 4.99 Å². The molecule has 1 heterocycles. The number of esters is 1. The monoisotopic (exact) mass is 450 g/mol. The minimum atomic E-state index is -0.534. The zero-order valence-corrected chi connectivity index (χ0v) is 19.5. The lowest BCUT2D eigenvalue weighted by atomic mass is 9.80. The van der Waals surface area contributed by atoms with E-state index in [-0.39, 0.29) is 11.4 Å². The lowest BCUT2D eigenvalue weighted by molar-refractivity contribution is -0.169. The van der Waals surface area contributed by atoms with E-state index in [1.165, 1.54) is 25.4 Å². The Morgan fingerprint density at radius 2 is 2.00 bits per heavy atom. The summed E-state index contributed by atoms with van der Waals surface area (Å²) in [7, 11) is 1.50. The molecule has 30 heavy (non-hydrogen) atoms. The van der Waals surface area contributed by atoms with Crippen molar-refractivity contribution in [2.45, 2.75) is 64.5 Å². The van der Waals surface area contributed by atoms with Crippen LogP contribution in [0.5, 0.6) is 5.75 Å². The van der Waals surface area contributed by atoms with Crippen LogP contribution in [0.25, 0.3) is 0 Å². The first-order valence-corrected chi connectivity index (χ1v) is 11.1. The lowest BCUT2D eigenvalue weighted by Crippen LogP contribution is -2.46. The number of rotatable bonds is 5. The number of hydrogen-bond acceptors (Lipinski definition) is 5. The molecule has 0 N–H and O–H groups in total.